The van der Waals surface area contributed by atoms with E-state index in [9.17, 15) is 9.59 Å². The fourth-order valence-electron chi connectivity index (χ4n) is 4.77. The van der Waals surface area contributed by atoms with Crippen molar-refractivity contribution in [3.05, 3.63) is 23.6 Å². The van der Waals surface area contributed by atoms with Gasteiger partial charge < -0.3 is 23.9 Å². The lowest BCUT2D eigenvalue weighted by Crippen LogP contribution is -2.65. The van der Waals surface area contributed by atoms with Gasteiger partial charge in [-0.2, -0.15) is 0 Å². The van der Waals surface area contributed by atoms with Crippen LogP contribution >= 0.6 is 0 Å². The molecule has 3 heterocycles. The number of ether oxygens (including phenoxy) is 1. The molecule has 158 valence electrons. The van der Waals surface area contributed by atoms with Gasteiger partial charge in [0.05, 0.1) is 12.1 Å². The van der Waals surface area contributed by atoms with Crippen LogP contribution in [0.3, 0.4) is 0 Å². The van der Waals surface area contributed by atoms with E-state index in [0.29, 0.717) is 37.4 Å². The summed E-state index contributed by atoms with van der Waals surface area (Å²) >= 11 is 0. The van der Waals surface area contributed by atoms with Crippen molar-refractivity contribution in [1.82, 2.24) is 14.8 Å². The SMILES string of the molecule is COCCCN1C(=O)c2cc3oc(C)cc3n2C[C@]1(C)C(=O)NC1CCCCC1. The van der Waals surface area contributed by atoms with Gasteiger partial charge in [-0.1, -0.05) is 19.3 Å². The molecular formula is C22H31N3O4. The van der Waals surface area contributed by atoms with E-state index in [4.69, 9.17) is 9.15 Å². The number of carbonyl (C=O) groups excluding carboxylic acids is 2. The normalized spacial score (nSPS) is 22.9. The summed E-state index contributed by atoms with van der Waals surface area (Å²) in [5.74, 6) is 0.606. The van der Waals surface area contributed by atoms with E-state index >= 15 is 0 Å². The molecule has 0 spiro atoms. The van der Waals surface area contributed by atoms with Crippen molar-refractivity contribution < 1.29 is 18.7 Å². The third-order valence-electron chi connectivity index (χ3n) is 6.40. The summed E-state index contributed by atoms with van der Waals surface area (Å²) in [5, 5.41) is 3.25. The average molecular weight is 402 g/mol. The summed E-state index contributed by atoms with van der Waals surface area (Å²) in [5.41, 5.74) is 1.20. The molecule has 7 nitrogen and oxygen atoms in total. The summed E-state index contributed by atoms with van der Waals surface area (Å²) in [7, 11) is 1.65. The fraction of sp³-hybridized carbons (Fsp3) is 0.636. The number of fused-ring (bicyclic) bond motifs is 3. The second-order valence-electron chi connectivity index (χ2n) is 8.61. The molecule has 1 atom stereocenters. The topological polar surface area (TPSA) is 76.7 Å². The Balaban J connectivity index is 1.67. The molecule has 4 rings (SSSR count). The minimum Gasteiger partial charge on any atom is -0.460 e. The molecule has 7 heteroatoms. The lowest BCUT2D eigenvalue weighted by Gasteiger charge is -2.44. The van der Waals surface area contributed by atoms with Gasteiger partial charge in [0.2, 0.25) is 5.91 Å². The molecular weight excluding hydrogens is 370 g/mol. The summed E-state index contributed by atoms with van der Waals surface area (Å²) in [6, 6.07) is 3.94. The van der Waals surface area contributed by atoms with Gasteiger partial charge >= 0.3 is 0 Å². The molecule has 1 aliphatic carbocycles. The smallest absolute Gasteiger partial charge is 0.271 e. The number of methoxy groups -OCH3 is 1. The molecule has 0 aromatic carbocycles. The molecule has 1 fully saturated rings. The first-order valence-corrected chi connectivity index (χ1v) is 10.7. The molecule has 29 heavy (non-hydrogen) atoms. The van der Waals surface area contributed by atoms with Gasteiger partial charge in [-0.3, -0.25) is 9.59 Å². The van der Waals surface area contributed by atoms with Gasteiger partial charge in [0, 0.05) is 38.4 Å². The Morgan fingerprint density at radius 3 is 2.79 bits per heavy atom. The van der Waals surface area contributed by atoms with Gasteiger partial charge in [0.15, 0.2) is 5.58 Å². The number of furan rings is 1. The predicted molar refractivity (Wildman–Crippen MR) is 110 cm³/mol. The van der Waals surface area contributed by atoms with Crippen LogP contribution in [0.15, 0.2) is 16.5 Å². The molecule has 0 bridgehead atoms. The first-order chi connectivity index (χ1) is 13.9. The Kier molecular flexibility index (Phi) is 5.42. The van der Waals surface area contributed by atoms with Gasteiger partial charge in [-0.05, 0) is 33.1 Å². The van der Waals surface area contributed by atoms with Gasteiger partial charge in [-0.25, -0.2) is 0 Å². The largest absolute Gasteiger partial charge is 0.460 e. The number of rotatable bonds is 6. The Labute approximate surface area is 171 Å². The summed E-state index contributed by atoms with van der Waals surface area (Å²) < 4.78 is 12.9. The highest BCUT2D eigenvalue weighted by Crippen LogP contribution is 2.34. The molecule has 1 aliphatic heterocycles. The number of nitrogens with one attached hydrogen (secondary N) is 1. The van der Waals surface area contributed by atoms with Gasteiger partial charge in [0.25, 0.3) is 5.91 Å². The van der Waals surface area contributed by atoms with Crippen LogP contribution in [0.1, 0.15) is 61.7 Å². The van der Waals surface area contributed by atoms with Crippen molar-refractivity contribution in [1.29, 1.82) is 0 Å². The van der Waals surface area contributed by atoms with E-state index in [2.05, 4.69) is 5.32 Å². The van der Waals surface area contributed by atoms with Crippen LogP contribution in [0.25, 0.3) is 11.1 Å². The minimum absolute atomic E-state index is 0.0668. The molecule has 2 amide bonds. The van der Waals surface area contributed by atoms with Gasteiger partial charge in [-0.15, -0.1) is 0 Å². The molecule has 2 aliphatic rings. The van der Waals surface area contributed by atoms with Crippen LogP contribution in [-0.2, 0) is 16.1 Å². The molecule has 0 radical (unpaired) electrons. The second-order valence-corrected chi connectivity index (χ2v) is 8.61. The first kappa shape index (κ1) is 20.0. The Morgan fingerprint density at radius 2 is 2.07 bits per heavy atom. The summed E-state index contributed by atoms with van der Waals surface area (Å²) in [4.78, 5) is 28.6. The van der Waals surface area contributed by atoms with E-state index in [-0.39, 0.29) is 17.9 Å². The number of hydrogen-bond acceptors (Lipinski definition) is 4. The third kappa shape index (κ3) is 3.56. The highest BCUT2D eigenvalue weighted by molar-refractivity contribution is 6.03. The number of nitrogens with zero attached hydrogens (tertiary/aromatic N) is 2. The molecule has 2 aromatic heterocycles. The van der Waals surface area contributed by atoms with Crippen LogP contribution < -0.4 is 5.32 Å². The Hall–Kier alpha value is -2.28. The molecule has 2 aromatic rings. The second kappa shape index (κ2) is 7.86. The zero-order valence-corrected chi connectivity index (χ0v) is 17.6. The quantitative estimate of drug-likeness (QED) is 0.754. The third-order valence-corrected chi connectivity index (χ3v) is 6.40. The summed E-state index contributed by atoms with van der Waals surface area (Å²) in [6.07, 6.45) is 6.24. The van der Waals surface area contributed by atoms with E-state index < -0.39 is 5.54 Å². The number of aryl methyl sites for hydroxylation is 1. The molecule has 0 unspecified atom stereocenters. The molecule has 1 N–H and O–H groups in total. The lowest BCUT2D eigenvalue weighted by molar-refractivity contribution is -0.133. The van der Waals surface area contributed by atoms with E-state index in [1.54, 1.807) is 18.1 Å². The summed E-state index contributed by atoms with van der Waals surface area (Å²) in [6.45, 7) is 5.22. The van der Waals surface area contributed by atoms with Crippen molar-refractivity contribution in [3.8, 4) is 0 Å². The Morgan fingerprint density at radius 1 is 1.31 bits per heavy atom. The van der Waals surface area contributed by atoms with Crippen molar-refractivity contribution >= 4 is 22.9 Å². The maximum atomic E-state index is 13.5. The zero-order valence-electron chi connectivity index (χ0n) is 17.6. The standard InChI is InChI=1S/C22H31N3O4/c1-15-12-17-19(29-15)13-18-20(26)25(10-7-11-28-3)22(2,14-24(17)18)21(27)23-16-8-5-4-6-9-16/h12-13,16H,4-11,14H2,1-3H3,(H,23,27)/t22-/m1/s1. The highest BCUT2D eigenvalue weighted by atomic mass is 16.5. The average Bonchev–Trinajstić information content (AvgIpc) is 3.22. The maximum Gasteiger partial charge on any atom is 0.271 e. The van der Waals surface area contributed by atoms with Crippen LogP contribution in [0.2, 0.25) is 0 Å². The van der Waals surface area contributed by atoms with Crippen molar-refractivity contribution in [2.45, 2.75) is 70.5 Å². The van der Waals surface area contributed by atoms with Crippen molar-refractivity contribution in [2.75, 3.05) is 20.3 Å². The van der Waals surface area contributed by atoms with E-state index in [1.807, 2.05) is 24.5 Å². The van der Waals surface area contributed by atoms with Crippen molar-refractivity contribution in [3.63, 3.8) is 0 Å². The fourth-order valence-corrected chi connectivity index (χ4v) is 4.77. The Bertz CT molecular complexity index is 909. The van der Waals surface area contributed by atoms with Crippen LogP contribution in [0.4, 0.5) is 0 Å². The van der Waals surface area contributed by atoms with Crippen LogP contribution in [0.5, 0.6) is 0 Å². The maximum absolute atomic E-state index is 13.5. The monoisotopic (exact) mass is 401 g/mol. The number of hydrogen-bond donors (Lipinski definition) is 1. The zero-order chi connectivity index (χ0) is 20.6. The number of carbonyl (C=O) groups is 2. The number of aromatic nitrogens is 1. The van der Waals surface area contributed by atoms with Crippen LogP contribution in [0, 0.1) is 6.92 Å². The van der Waals surface area contributed by atoms with E-state index in [0.717, 1.165) is 37.0 Å². The minimum atomic E-state index is -0.952. The van der Waals surface area contributed by atoms with Gasteiger partial charge in [0.1, 0.15) is 17.0 Å². The molecule has 0 saturated heterocycles. The first-order valence-electron chi connectivity index (χ1n) is 10.7. The molecule has 1 saturated carbocycles. The predicted octanol–water partition coefficient (Wildman–Crippen LogP) is 3.24. The number of amides is 2. The lowest BCUT2D eigenvalue weighted by atomic mass is 9.91. The van der Waals surface area contributed by atoms with Crippen molar-refractivity contribution in [2.24, 2.45) is 0 Å². The highest BCUT2D eigenvalue weighted by Gasteiger charge is 2.48. The van der Waals surface area contributed by atoms with E-state index in [1.165, 1.54) is 6.42 Å². The van der Waals surface area contributed by atoms with Crippen LogP contribution in [-0.4, -0.2) is 53.1 Å².